The maximum absolute atomic E-state index is 13.1. The van der Waals surface area contributed by atoms with Gasteiger partial charge in [-0.3, -0.25) is 0 Å². The highest BCUT2D eigenvalue weighted by Gasteiger charge is 2.65. The predicted octanol–water partition coefficient (Wildman–Crippen LogP) is -7.18. The first-order chi connectivity index (χ1) is 20.1. The second-order valence-electron chi connectivity index (χ2n) is 10.8. The van der Waals surface area contributed by atoms with Gasteiger partial charge in [0.1, 0.15) is 54.9 Å². The van der Waals surface area contributed by atoms with E-state index >= 15 is 0 Å². The van der Waals surface area contributed by atoms with E-state index in [1.807, 2.05) is 0 Å². The van der Waals surface area contributed by atoms with E-state index in [4.69, 9.17) is 35.2 Å². The molecule has 3 saturated heterocycles. The first-order valence-electron chi connectivity index (χ1n) is 13.5. The number of aliphatic hydroxyl groups excluding tert-OH is 8. The SMILES string of the molecule is CC(=O)[N+](C(C)=O)(C(C)=O)[C@H]1[C@H](O[C@H]2[C@H](O)[C@@H](N)C(O)O[C@@H]2CO)O[C@H](CO)[C@@H](O[C@@H]2O[C@H](CO)[C@@H](O)[C@H](O)[C@H]2N)[C@@H]1O. The molecule has 19 nitrogen and oxygen atoms in total. The van der Waals surface area contributed by atoms with Crippen molar-refractivity contribution in [2.45, 2.75) is 113 Å². The van der Waals surface area contributed by atoms with Gasteiger partial charge < -0.3 is 76.0 Å². The van der Waals surface area contributed by atoms with Crippen molar-refractivity contribution >= 4 is 17.7 Å². The Morgan fingerprint density at radius 3 is 1.56 bits per heavy atom. The molecular weight excluding hydrogens is 586 g/mol. The van der Waals surface area contributed by atoms with Crippen molar-refractivity contribution in [3.8, 4) is 0 Å². The molecule has 15 atom stereocenters. The molecule has 0 aromatic heterocycles. The summed E-state index contributed by atoms with van der Waals surface area (Å²) < 4.78 is 26.4. The van der Waals surface area contributed by atoms with Crippen molar-refractivity contribution in [1.82, 2.24) is 0 Å². The van der Waals surface area contributed by atoms with Gasteiger partial charge in [-0.15, -0.1) is 4.48 Å². The van der Waals surface area contributed by atoms with Crippen molar-refractivity contribution in [2.24, 2.45) is 11.5 Å². The van der Waals surface area contributed by atoms with E-state index in [2.05, 4.69) is 0 Å². The van der Waals surface area contributed by atoms with Crippen LogP contribution in [-0.4, -0.2) is 175 Å². The Labute approximate surface area is 245 Å². The highest BCUT2D eigenvalue weighted by Crippen LogP contribution is 2.37. The van der Waals surface area contributed by atoms with Gasteiger partial charge in [0.15, 0.2) is 18.6 Å². The molecule has 1 unspecified atom stereocenters. The summed E-state index contributed by atoms with van der Waals surface area (Å²) in [6.07, 6.45) is -20.3. The molecule has 0 bridgehead atoms. The van der Waals surface area contributed by atoms with Gasteiger partial charge in [-0.25, -0.2) is 14.4 Å². The smallest absolute Gasteiger partial charge is 0.325 e. The van der Waals surface area contributed by atoms with Crippen molar-refractivity contribution < 1.29 is 83.4 Å². The molecule has 0 aliphatic carbocycles. The van der Waals surface area contributed by atoms with Crippen LogP contribution in [0.5, 0.6) is 0 Å². The summed E-state index contributed by atoms with van der Waals surface area (Å²) in [5, 5.41) is 82.4. The number of ether oxygens (including phenoxy) is 5. The van der Waals surface area contributed by atoms with Crippen LogP contribution >= 0.6 is 0 Å². The van der Waals surface area contributed by atoms with Gasteiger partial charge in [-0.2, -0.15) is 0 Å². The number of aliphatic hydroxyl groups is 8. The third kappa shape index (κ3) is 6.40. The number of carbonyl (C=O) groups is 3. The van der Waals surface area contributed by atoms with E-state index in [-0.39, 0.29) is 0 Å². The molecule has 0 saturated carbocycles. The first kappa shape index (κ1) is 35.8. The molecule has 43 heavy (non-hydrogen) atoms. The third-order valence-corrected chi connectivity index (χ3v) is 8.19. The van der Waals surface area contributed by atoms with Crippen LogP contribution in [-0.2, 0) is 38.1 Å². The summed E-state index contributed by atoms with van der Waals surface area (Å²) in [6, 6.07) is -4.94. The quantitative estimate of drug-likeness (QED) is 0.112. The normalized spacial score (nSPS) is 44.2. The van der Waals surface area contributed by atoms with Gasteiger partial charge in [0.25, 0.3) is 0 Å². The number of imide groups is 3. The molecule has 0 radical (unpaired) electrons. The second kappa shape index (κ2) is 14.2. The number of nitrogens with zero attached hydrogens (tertiary/aromatic N) is 1. The van der Waals surface area contributed by atoms with Crippen LogP contribution in [0.2, 0.25) is 0 Å². The zero-order chi connectivity index (χ0) is 32.5. The lowest BCUT2D eigenvalue weighted by Gasteiger charge is -2.51. The largest absolute Gasteiger partial charge is 0.394 e. The number of nitrogens with two attached hydrogens (primary N) is 2. The molecule has 0 aromatic carbocycles. The fourth-order valence-corrected chi connectivity index (χ4v) is 5.85. The Morgan fingerprint density at radius 1 is 0.628 bits per heavy atom. The molecule has 3 rings (SSSR count). The van der Waals surface area contributed by atoms with E-state index in [1.165, 1.54) is 0 Å². The summed E-state index contributed by atoms with van der Waals surface area (Å²) in [4.78, 5) is 39.3. The summed E-state index contributed by atoms with van der Waals surface area (Å²) in [5.41, 5.74) is 11.7. The number of carbonyl (C=O) groups excluding carboxylic acids is 3. The summed E-state index contributed by atoms with van der Waals surface area (Å²) in [6.45, 7) is 0.160. The zero-order valence-corrected chi connectivity index (χ0v) is 23.7. The van der Waals surface area contributed by atoms with Gasteiger partial charge in [0.05, 0.1) is 52.7 Å². The molecule has 248 valence electrons. The number of hydrogen-bond acceptors (Lipinski definition) is 18. The van der Waals surface area contributed by atoms with Gasteiger partial charge in [-0.1, -0.05) is 0 Å². The molecule has 0 spiro atoms. The maximum Gasteiger partial charge on any atom is 0.325 e. The fourth-order valence-electron chi connectivity index (χ4n) is 5.85. The van der Waals surface area contributed by atoms with E-state index in [1.54, 1.807) is 0 Å². The van der Waals surface area contributed by atoms with Crippen molar-refractivity contribution in [1.29, 1.82) is 0 Å². The second-order valence-corrected chi connectivity index (χ2v) is 10.8. The van der Waals surface area contributed by atoms with Crippen LogP contribution in [0.3, 0.4) is 0 Å². The Balaban J connectivity index is 2.09. The van der Waals surface area contributed by atoms with Crippen LogP contribution in [0.1, 0.15) is 20.8 Å². The molecule has 3 heterocycles. The predicted molar refractivity (Wildman–Crippen MR) is 135 cm³/mol. The average Bonchev–Trinajstić information content (AvgIpc) is 2.95. The van der Waals surface area contributed by atoms with E-state index in [0.717, 1.165) is 20.8 Å². The first-order valence-corrected chi connectivity index (χ1v) is 13.5. The van der Waals surface area contributed by atoms with Gasteiger partial charge >= 0.3 is 17.7 Å². The van der Waals surface area contributed by atoms with E-state index in [0.29, 0.717) is 0 Å². The highest BCUT2D eigenvalue weighted by atomic mass is 16.7. The van der Waals surface area contributed by atoms with Crippen LogP contribution in [0.4, 0.5) is 0 Å². The van der Waals surface area contributed by atoms with Crippen LogP contribution < -0.4 is 11.5 Å². The fraction of sp³-hybridized carbons (Fsp3) is 0.875. The molecule has 3 aliphatic rings. The molecule has 12 N–H and O–H groups in total. The molecule has 3 aliphatic heterocycles. The van der Waals surface area contributed by atoms with Crippen LogP contribution in [0.15, 0.2) is 0 Å². The topological polar surface area (TPSA) is 311 Å². The monoisotopic (exact) mass is 628 g/mol. The molecule has 0 aromatic rings. The molecular formula is C24H42N3O16+. The summed E-state index contributed by atoms with van der Waals surface area (Å²) in [7, 11) is 0. The number of rotatable bonds is 8. The Bertz CT molecular complexity index is 966. The number of quaternary nitrogens is 1. The Kier molecular flexibility index (Phi) is 11.8. The van der Waals surface area contributed by atoms with E-state index < -0.39 is 134 Å². The molecule has 3 fully saturated rings. The maximum atomic E-state index is 13.1. The third-order valence-electron chi connectivity index (χ3n) is 8.19. The summed E-state index contributed by atoms with van der Waals surface area (Å²) >= 11 is 0. The molecule has 19 heteroatoms. The van der Waals surface area contributed by atoms with Gasteiger partial charge in [0.2, 0.25) is 6.29 Å². The summed E-state index contributed by atoms with van der Waals surface area (Å²) in [5.74, 6) is -3.25. The lowest BCUT2D eigenvalue weighted by molar-refractivity contribution is -0.753. The standard InChI is InChI=1S/C24H42N3O16/c1-7(31)27(8(2)32,9(3)33)15-19(37)21(42-23-14(26)17(35)16(34)10(4-28)40-23)12(6-30)41-24(15)43-20-11(5-29)39-22(38)13(25)18(20)36/h10-24,28-30,34-38H,4-6,25-26H2,1-3H3/q+1/t10-,11-,12-,13-,14-,15-,16-,17-,18-,19-,20-,21-,22?,23+,24+/m1/s1. The minimum atomic E-state index is -2.10. The highest BCUT2D eigenvalue weighted by molar-refractivity contribution is 5.95. The zero-order valence-electron chi connectivity index (χ0n) is 23.7. The number of hydrogen-bond donors (Lipinski definition) is 10. The Hall–Kier alpha value is -1.63. The minimum absolute atomic E-state index is 0.774. The number of amides is 3. The minimum Gasteiger partial charge on any atom is -0.394 e. The van der Waals surface area contributed by atoms with Gasteiger partial charge in [-0.05, 0) is 0 Å². The molecule has 3 amide bonds. The van der Waals surface area contributed by atoms with Crippen LogP contribution in [0, 0.1) is 0 Å². The Morgan fingerprint density at radius 2 is 1.07 bits per heavy atom. The van der Waals surface area contributed by atoms with Crippen LogP contribution in [0.25, 0.3) is 0 Å². The lowest BCUT2D eigenvalue weighted by Crippen LogP contribution is -2.77. The average molecular weight is 629 g/mol. The van der Waals surface area contributed by atoms with E-state index in [9.17, 15) is 55.2 Å². The lowest BCUT2D eigenvalue weighted by atomic mass is 9.91. The van der Waals surface area contributed by atoms with Crippen molar-refractivity contribution in [2.75, 3.05) is 19.8 Å². The van der Waals surface area contributed by atoms with Crippen molar-refractivity contribution in [3.63, 3.8) is 0 Å². The van der Waals surface area contributed by atoms with Gasteiger partial charge in [0, 0.05) is 0 Å². The van der Waals surface area contributed by atoms with Crippen molar-refractivity contribution in [3.05, 3.63) is 0 Å².